The molecule has 126 valence electrons. The lowest BCUT2D eigenvalue weighted by Crippen LogP contribution is -2.28. The number of nitrogens with one attached hydrogen (secondary N) is 2. The van der Waals surface area contributed by atoms with Gasteiger partial charge < -0.3 is 10.6 Å². The Bertz CT molecular complexity index is 666. The predicted molar refractivity (Wildman–Crippen MR) is 95.5 cm³/mol. The Kier molecular flexibility index (Phi) is 6.55. The molecule has 2 rings (SSSR count). The molecular formula is C20H24N2O2. The van der Waals surface area contributed by atoms with Gasteiger partial charge in [-0.25, -0.2) is 0 Å². The fraction of sp³-hybridized carbons (Fsp3) is 0.300. The Morgan fingerprint density at radius 2 is 1.67 bits per heavy atom. The molecule has 0 spiro atoms. The van der Waals surface area contributed by atoms with Crippen LogP contribution in [0.2, 0.25) is 0 Å². The Labute approximate surface area is 143 Å². The molecule has 0 heterocycles. The first-order valence-corrected chi connectivity index (χ1v) is 8.29. The van der Waals surface area contributed by atoms with E-state index < -0.39 is 0 Å². The van der Waals surface area contributed by atoms with Crippen molar-refractivity contribution in [3.63, 3.8) is 0 Å². The molecule has 1 atom stereocenters. The topological polar surface area (TPSA) is 58.2 Å². The molecule has 24 heavy (non-hydrogen) atoms. The summed E-state index contributed by atoms with van der Waals surface area (Å²) < 4.78 is 0. The second-order valence-corrected chi connectivity index (χ2v) is 5.83. The van der Waals surface area contributed by atoms with E-state index in [1.165, 1.54) is 6.92 Å². The Morgan fingerprint density at radius 1 is 1.00 bits per heavy atom. The SMILES string of the molecule is CCC[C@@H](NC(=O)c1ccc(CNC(C)=O)cc1)c1ccccc1. The average molecular weight is 324 g/mol. The predicted octanol–water partition coefficient (Wildman–Crippen LogP) is 3.59. The molecule has 0 aromatic heterocycles. The fourth-order valence-electron chi connectivity index (χ4n) is 2.54. The zero-order chi connectivity index (χ0) is 17.4. The highest BCUT2D eigenvalue weighted by Crippen LogP contribution is 2.19. The van der Waals surface area contributed by atoms with Crippen molar-refractivity contribution in [2.75, 3.05) is 0 Å². The Balaban J connectivity index is 2.03. The molecule has 0 saturated carbocycles. The van der Waals surface area contributed by atoms with Gasteiger partial charge in [-0.05, 0) is 29.7 Å². The number of hydrogen-bond acceptors (Lipinski definition) is 2. The minimum Gasteiger partial charge on any atom is -0.352 e. The van der Waals surface area contributed by atoms with Gasteiger partial charge >= 0.3 is 0 Å². The van der Waals surface area contributed by atoms with E-state index in [4.69, 9.17) is 0 Å². The van der Waals surface area contributed by atoms with Gasteiger partial charge in [0.1, 0.15) is 0 Å². The minimum absolute atomic E-state index is 0.0164. The average Bonchev–Trinajstić information content (AvgIpc) is 2.60. The van der Waals surface area contributed by atoms with Crippen LogP contribution >= 0.6 is 0 Å². The van der Waals surface area contributed by atoms with Crippen LogP contribution in [0.15, 0.2) is 54.6 Å². The first kappa shape index (κ1) is 17.7. The summed E-state index contributed by atoms with van der Waals surface area (Å²) in [4.78, 5) is 23.4. The van der Waals surface area contributed by atoms with Crippen molar-refractivity contribution in [1.29, 1.82) is 0 Å². The molecule has 0 bridgehead atoms. The monoisotopic (exact) mass is 324 g/mol. The lowest BCUT2D eigenvalue weighted by Gasteiger charge is -2.18. The molecule has 0 unspecified atom stereocenters. The molecule has 0 fully saturated rings. The van der Waals surface area contributed by atoms with Gasteiger partial charge in [0, 0.05) is 19.0 Å². The first-order chi connectivity index (χ1) is 11.6. The van der Waals surface area contributed by atoms with Crippen LogP contribution in [0.5, 0.6) is 0 Å². The van der Waals surface area contributed by atoms with E-state index in [0.29, 0.717) is 12.1 Å². The molecule has 0 aliphatic heterocycles. The van der Waals surface area contributed by atoms with Gasteiger partial charge in [-0.2, -0.15) is 0 Å². The highest BCUT2D eigenvalue weighted by molar-refractivity contribution is 5.94. The van der Waals surface area contributed by atoms with Gasteiger partial charge in [0.05, 0.1) is 6.04 Å². The van der Waals surface area contributed by atoms with Gasteiger partial charge in [0.15, 0.2) is 0 Å². The third-order valence-corrected chi connectivity index (χ3v) is 3.84. The fourth-order valence-corrected chi connectivity index (χ4v) is 2.54. The number of carbonyl (C=O) groups excluding carboxylic acids is 2. The standard InChI is InChI=1S/C20H24N2O2/c1-3-7-19(17-8-5-4-6-9-17)22-20(24)18-12-10-16(11-13-18)14-21-15(2)23/h4-6,8-13,19H,3,7,14H2,1-2H3,(H,21,23)(H,22,24)/t19-/m1/s1. The van der Waals surface area contributed by atoms with E-state index in [-0.39, 0.29) is 17.9 Å². The van der Waals surface area contributed by atoms with Crippen LogP contribution < -0.4 is 10.6 Å². The summed E-state index contributed by atoms with van der Waals surface area (Å²) in [7, 11) is 0. The number of carbonyl (C=O) groups is 2. The van der Waals surface area contributed by atoms with E-state index in [1.807, 2.05) is 42.5 Å². The van der Waals surface area contributed by atoms with Gasteiger partial charge in [-0.3, -0.25) is 9.59 Å². The number of hydrogen-bond donors (Lipinski definition) is 2. The third kappa shape index (κ3) is 5.23. The van der Waals surface area contributed by atoms with Crippen molar-refractivity contribution in [1.82, 2.24) is 10.6 Å². The summed E-state index contributed by atoms with van der Waals surface area (Å²) >= 11 is 0. The molecule has 2 N–H and O–H groups in total. The minimum atomic E-state index is -0.0802. The molecule has 0 saturated heterocycles. The lowest BCUT2D eigenvalue weighted by molar-refractivity contribution is -0.119. The van der Waals surface area contributed by atoms with E-state index in [0.717, 1.165) is 24.0 Å². The second-order valence-electron chi connectivity index (χ2n) is 5.83. The van der Waals surface area contributed by atoms with Crippen molar-refractivity contribution < 1.29 is 9.59 Å². The van der Waals surface area contributed by atoms with E-state index in [9.17, 15) is 9.59 Å². The zero-order valence-corrected chi connectivity index (χ0v) is 14.2. The molecule has 2 aromatic carbocycles. The van der Waals surface area contributed by atoms with Crippen LogP contribution in [-0.4, -0.2) is 11.8 Å². The van der Waals surface area contributed by atoms with Crippen LogP contribution in [0.25, 0.3) is 0 Å². The number of amides is 2. The van der Waals surface area contributed by atoms with Crippen molar-refractivity contribution in [2.24, 2.45) is 0 Å². The highest BCUT2D eigenvalue weighted by atomic mass is 16.2. The van der Waals surface area contributed by atoms with Gasteiger partial charge in [0.25, 0.3) is 5.91 Å². The van der Waals surface area contributed by atoms with Crippen molar-refractivity contribution in [3.8, 4) is 0 Å². The highest BCUT2D eigenvalue weighted by Gasteiger charge is 2.14. The molecule has 4 nitrogen and oxygen atoms in total. The summed E-state index contributed by atoms with van der Waals surface area (Å²) in [5.74, 6) is -0.148. The van der Waals surface area contributed by atoms with Crippen LogP contribution in [-0.2, 0) is 11.3 Å². The van der Waals surface area contributed by atoms with Crippen molar-refractivity contribution in [3.05, 3.63) is 71.3 Å². The molecule has 2 amide bonds. The Morgan fingerprint density at radius 3 is 2.25 bits per heavy atom. The van der Waals surface area contributed by atoms with Gasteiger partial charge in [0.2, 0.25) is 5.91 Å². The summed E-state index contributed by atoms with van der Waals surface area (Å²) in [6.45, 7) is 4.07. The molecule has 4 heteroatoms. The maximum atomic E-state index is 12.5. The second kappa shape index (κ2) is 8.87. The van der Waals surface area contributed by atoms with Crippen LogP contribution in [0, 0.1) is 0 Å². The van der Waals surface area contributed by atoms with Crippen LogP contribution in [0.3, 0.4) is 0 Å². The molecular weight excluding hydrogens is 300 g/mol. The van der Waals surface area contributed by atoms with E-state index in [1.54, 1.807) is 12.1 Å². The third-order valence-electron chi connectivity index (χ3n) is 3.84. The van der Waals surface area contributed by atoms with E-state index >= 15 is 0 Å². The smallest absolute Gasteiger partial charge is 0.251 e. The quantitative estimate of drug-likeness (QED) is 0.817. The van der Waals surface area contributed by atoms with E-state index in [2.05, 4.69) is 17.6 Å². The lowest BCUT2D eigenvalue weighted by atomic mass is 10.0. The van der Waals surface area contributed by atoms with Gasteiger partial charge in [-0.15, -0.1) is 0 Å². The molecule has 0 aliphatic carbocycles. The first-order valence-electron chi connectivity index (χ1n) is 8.29. The van der Waals surface area contributed by atoms with Crippen molar-refractivity contribution in [2.45, 2.75) is 39.3 Å². The van der Waals surface area contributed by atoms with Crippen molar-refractivity contribution >= 4 is 11.8 Å². The summed E-state index contributed by atoms with van der Waals surface area (Å²) in [5.41, 5.74) is 2.71. The van der Waals surface area contributed by atoms with Gasteiger partial charge in [-0.1, -0.05) is 55.8 Å². The number of rotatable bonds is 7. The van der Waals surface area contributed by atoms with Crippen LogP contribution in [0.1, 0.15) is 54.2 Å². The zero-order valence-electron chi connectivity index (χ0n) is 14.2. The summed E-state index contributed by atoms with van der Waals surface area (Å²) in [6, 6.07) is 17.4. The maximum absolute atomic E-state index is 12.5. The number of benzene rings is 2. The maximum Gasteiger partial charge on any atom is 0.251 e. The molecule has 2 aromatic rings. The largest absolute Gasteiger partial charge is 0.352 e. The molecule has 0 aliphatic rings. The molecule has 0 radical (unpaired) electrons. The van der Waals surface area contributed by atoms with Crippen LogP contribution in [0.4, 0.5) is 0 Å². The Hall–Kier alpha value is -2.62. The summed E-state index contributed by atoms with van der Waals surface area (Å²) in [5, 5.41) is 5.85. The summed E-state index contributed by atoms with van der Waals surface area (Å²) in [6.07, 6.45) is 1.89. The normalized spacial score (nSPS) is 11.6.